The monoisotopic (exact) mass is 341 g/mol. The maximum absolute atomic E-state index is 12.7. The largest absolute Gasteiger partial charge is 0.312 e. The Hall–Kier alpha value is -0.900. The van der Waals surface area contributed by atoms with Crippen LogP contribution in [-0.4, -0.2) is 6.54 Å². The third kappa shape index (κ3) is 4.60. The first-order chi connectivity index (χ1) is 9.15. The molecule has 0 aromatic heterocycles. The summed E-state index contributed by atoms with van der Waals surface area (Å²) in [4.78, 5) is 0. The van der Waals surface area contributed by atoms with E-state index < -0.39 is 0 Å². The van der Waals surface area contributed by atoms with E-state index in [0.29, 0.717) is 0 Å². The zero-order chi connectivity index (χ0) is 13.7. The molecule has 2 aromatic rings. The minimum atomic E-state index is -0.196. The summed E-state index contributed by atoms with van der Waals surface area (Å²) in [6.45, 7) is 1.56. The fourth-order valence-corrected chi connectivity index (χ4v) is 2.51. The van der Waals surface area contributed by atoms with Gasteiger partial charge in [0.25, 0.3) is 0 Å². The van der Waals surface area contributed by atoms with Crippen molar-refractivity contribution in [3.8, 4) is 0 Å². The summed E-state index contributed by atoms with van der Waals surface area (Å²) in [5.41, 5.74) is 2.19. The van der Waals surface area contributed by atoms with Gasteiger partial charge in [0, 0.05) is 16.0 Å². The molecule has 1 nitrogen and oxygen atoms in total. The highest BCUT2D eigenvalue weighted by atomic mass is 79.9. The number of hydrogen-bond donors (Lipinski definition) is 1. The third-order valence-electron chi connectivity index (χ3n) is 2.83. The van der Waals surface area contributed by atoms with E-state index in [9.17, 15) is 4.39 Å². The van der Waals surface area contributed by atoms with Crippen molar-refractivity contribution in [1.29, 1.82) is 0 Å². The second kappa shape index (κ2) is 7.04. The van der Waals surface area contributed by atoms with Gasteiger partial charge in [-0.05, 0) is 48.4 Å². The van der Waals surface area contributed by atoms with E-state index in [4.69, 9.17) is 11.6 Å². The predicted octanol–water partition coefficient (Wildman–Crippen LogP) is 4.57. The standard InChI is InChI=1S/C15H14BrClFN/c16-13-4-3-12(15(17)9-13)10-19-8-7-11-1-5-14(18)6-2-11/h1-6,9,19H,7-8,10H2. The predicted molar refractivity (Wildman–Crippen MR) is 81.0 cm³/mol. The van der Waals surface area contributed by atoms with Crippen LogP contribution >= 0.6 is 27.5 Å². The van der Waals surface area contributed by atoms with Crippen molar-refractivity contribution >= 4 is 27.5 Å². The van der Waals surface area contributed by atoms with Crippen LogP contribution in [0.5, 0.6) is 0 Å². The van der Waals surface area contributed by atoms with E-state index in [1.54, 1.807) is 0 Å². The molecule has 19 heavy (non-hydrogen) atoms. The molecule has 0 unspecified atom stereocenters. The average Bonchev–Trinajstić information content (AvgIpc) is 2.39. The lowest BCUT2D eigenvalue weighted by atomic mass is 10.1. The van der Waals surface area contributed by atoms with Gasteiger partial charge in [-0.2, -0.15) is 0 Å². The molecule has 0 spiro atoms. The number of nitrogens with one attached hydrogen (secondary N) is 1. The Morgan fingerprint density at radius 3 is 2.53 bits per heavy atom. The molecule has 2 aromatic carbocycles. The van der Waals surface area contributed by atoms with Crippen LogP contribution in [0.2, 0.25) is 5.02 Å². The first-order valence-corrected chi connectivity index (χ1v) is 7.21. The zero-order valence-electron chi connectivity index (χ0n) is 10.3. The van der Waals surface area contributed by atoms with Crippen LogP contribution in [0, 0.1) is 5.82 Å². The first-order valence-electron chi connectivity index (χ1n) is 6.04. The third-order valence-corrected chi connectivity index (χ3v) is 3.68. The first kappa shape index (κ1) is 14.5. The van der Waals surface area contributed by atoms with E-state index >= 15 is 0 Å². The van der Waals surface area contributed by atoms with Gasteiger partial charge in [-0.1, -0.05) is 45.7 Å². The second-order valence-corrected chi connectivity index (χ2v) is 5.61. The Bertz CT molecular complexity index is 542. The molecule has 0 atom stereocenters. The lowest BCUT2D eigenvalue weighted by Crippen LogP contribution is -2.16. The van der Waals surface area contributed by atoms with Gasteiger partial charge in [0.05, 0.1) is 0 Å². The maximum Gasteiger partial charge on any atom is 0.123 e. The van der Waals surface area contributed by atoms with Crippen LogP contribution in [0.4, 0.5) is 4.39 Å². The van der Waals surface area contributed by atoms with Crippen molar-refractivity contribution in [3.63, 3.8) is 0 Å². The van der Waals surface area contributed by atoms with Gasteiger partial charge < -0.3 is 5.32 Å². The van der Waals surface area contributed by atoms with Crippen molar-refractivity contribution in [2.75, 3.05) is 6.54 Å². The molecule has 0 bridgehead atoms. The lowest BCUT2D eigenvalue weighted by Gasteiger charge is -2.07. The summed E-state index contributed by atoms with van der Waals surface area (Å²) >= 11 is 9.51. The molecule has 0 heterocycles. The molecule has 0 fully saturated rings. The molecule has 0 amide bonds. The summed E-state index contributed by atoms with van der Waals surface area (Å²) in [7, 11) is 0. The minimum absolute atomic E-state index is 0.196. The Balaban J connectivity index is 1.79. The van der Waals surface area contributed by atoms with E-state index in [1.807, 2.05) is 30.3 Å². The maximum atomic E-state index is 12.7. The Kier molecular flexibility index (Phi) is 5.37. The van der Waals surface area contributed by atoms with Gasteiger partial charge in [-0.3, -0.25) is 0 Å². The van der Waals surface area contributed by atoms with E-state index in [0.717, 1.165) is 40.1 Å². The van der Waals surface area contributed by atoms with E-state index in [2.05, 4.69) is 21.2 Å². The molecule has 0 radical (unpaired) electrons. The van der Waals surface area contributed by atoms with Gasteiger partial charge in [-0.15, -0.1) is 0 Å². The van der Waals surface area contributed by atoms with Crippen molar-refractivity contribution in [1.82, 2.24) is 5.32 Å². The Morgan fingerprint density at radius 2 is 1.84 bits per heavy atom. The molecule has 0 saturated carbocycles. The van der Waals surface area contributed by atoms with Crippen molar-refractivity contribution in [2.45, 2.75) is 13.0 Å². The number of benzene rings is 2. The molecule has 0 saturated heterocycles. The van der Waals surface area contributed by atoms with Crippen LogP contribution in [0.1, 0.15) is 11.1 Å². The molecule has 1 N–H and O–H groups in total. The quantitative estimate of drug-likeness (QED) is 0.785. The number of rotatable bonds is 5. The fraction of sp³-hybridized carbons (Fsp3) is 0.200. The summed E-state index contributed by atoms with van der Waals surface area (Å²) in [6, 6.07) is 12.5. The lowest BCUT2D eigenvalue weighted by molar-refractivity contribution is 0.626. The van der Waals surface area contributed by atoms with Crippen LogP contribution in [0.3, 0.4) is 0 Å². The highest BCUT2D eigenvalue weighted by Gasteiger charge is 2.00. The van der Waals surface area contributed by atoms with Gasteiger partial charge in [0.15, 0.2) is 0 Å². The molecular weight excluding hydrogens is 329 g/mol. The topological polar surface area (TPSA) is 12.0 Å². The molecule has 0 aliphatic carbocycles. The minimum Gasteiger partial charge on any atom is -0.312 e. The highest BCUT2D eigenvalue weighted by molar-refractivity contribution is 9.10. The van der Waals surface area contributed by atoms with Gasteiger partial charge in [-0.25, -0.2) is 4.39 Å². The van der Waals surface area contributed by atoms with E-state index in [-0.39, 0.29) is 5.82 Å². The molecule has 0 aliphatic heterocycles. The van der Waals surface area contributed by atoms with Crippen molar-refractivity contribution in [2.24, 2.45) is 0 Å². The molecule has 4 heteroatoms. The molecule has 2 rings (SSSR count). The van der Waals surface area contributed by atoms with Crippen molar-refractivity contribution < 1.29 is 4.39 Å². The van der Waals surface area contributed by atoms with Crippen LogP contribution in [0.25, 0.3) is 0 Å². The molecule has 0 aliphatic rings. The van der Waals surface area contributed by atoms with E-state index in [1.165, 1.54) is 12.1 Å². The smallest absolute Gasteiger partial charge is 0.123 e. The average molecular weight is 343 g/mol. The van der Waals surface area contributed by atoms with Gasteiger partial charge in [0.1, 0.15) is 5.82 Å². The van der Waals surface area contributed by atoms with Crippen LogP contribution in [0.15, 0.2) is 46.9 Å². The second-order valence-electron chi connectivity index (χ2n) is 4.29. The summed E-state index contributed by atoms with van der Waals surface area (Å²) in [6.07, 6.45) is 0.869. The van der Waals surface area contributed by atoms with Crippen LogP contribution in [-0.2, 0) is 13.0 Å². The van der Waals surface area contributed by atoms with Gasteiger partial charge in [0.2, 0.25) is 0 Å². The van der Waals surface area contributed by atoms with Crippen LogP contribution < -0.4 is 5.32 Å². The van der Waals surface area contributed by atoms with Gasteiger partial charge >= 0.3 is 0 Å². The Labute approximate surface area is 125 Å². The number of halogens is 3. The highest BCUT2D eigenvalue weighted by Crippen LogP contribution is 2.21. The molecule has 100 valence electrons. The zero-order valence-corrected chi connectivity index (χ0v) is 12.6. The van der Waals surface area contributed by atoms with Crippen molar-refractivity contribution in [3.05, 3.63) is 68.9 Å². The Morgan fingerprint density at radius 1 is 1.11 bits per heavy atom. The summed E-state index contributed by atoms with van der Waals surface area (Å²) in [5, 5.41) is 4.08. The molecular formula is C15H14BrClFN. The summed E-state index contributed by atoms with van der Waals surface area (Å²) in [5.74, 6) is -0.196. The SMILES string of the molecule is Fc1ccc(CCNCc2ccc(Br)cc2Cl)cc1. The fourth-order valence-electron chi connectivity index (χ4n) is 1.77. The summed E-state index contributed by atoms with van der Waals surface area (Å²) < 4.78 is 13.7. The normalized spacial score (nSPS) is 10.7. The number of hydrogen-bond acceptors (Lipinski definition) is 1.